The van der Waals surface area contributed by atoms with E-state index in [1.165, 1.54) is 0 Å². The number of aryl methyl sites for hydroxylation is 3. The van der Waals surface area contributed by atoms with E-state index in [1.54, 1.807) is 7.11 Å². The molecule has 0 bridgehead atoms. The van der Waals surface area contributed by atoms with E-state index in [4.69, 9.17) is 4.74 Å². The van der Waals surface area contributed by atoms with Crippen LogP contribution in [0, 0.1) is 20.8 Å². The number of methoxy groups -OCH3 is 1. The summed E-state index contributed by atoms with van der Waals surface area (Å²) in [5.74, 6) is 1.75. The van der Waals surface area contributed by atoms with Gasteiger partial charge in [0.25, 0.3) is 0 Å². The molecule has 0 saturated heterocycles. The van der Waals surface area contributed by atoms with Crippen molar-refractivity contribution in [3.63, 3.8) is 0 Å². The van der Waals surface area contributed by atoms with Crippen molar-refractivity contribution >= 4 is 27.4 Å². The summed E-state index contributed by atoms with van der Waals surface area (Å²) < 4.78 is 6.33. The molecule has 0 amide bonds. The number of rotatable bonds is 3. The Labute approximate surface area is 122 Å². The van der Waals surface area contributed by atoms with E-state index < -0.39 is 0 Å². The second kappa shape index (κ2) is 5.61. The molecule has 0 aliphatic heterocycles. The molecular weight excluding hydrogens is 304 g/mol. The van der Waals surface area contributed by atoms with Crippen LogP contribution in [0.4, 0.5) is 11.5 Å². The lowest BCUT2D eigenvalue weighted by Gasteiger charge is -2.13. The van der Waals surface area contributed by atoms with Gasteiger partial charge >= 0.3 is 0 Å². The van der Waals surface area contributed by atoms with Crippen molar-refractivity contribution in [2.24, 2.45) is 0 Å². The number of hydrogen-bond donors (Lipinski definition) is 1. The molecule has 0 spiro atoms. The minimum atomic E-state index is 0.841. The maximum Gasteiger partial charge on any atom is 0.130 e. The Hall–Kier alpha value is -1.55. The van der Waals surface area contributed by atoms with Crippen LogP contribution in [0.1, 0.15) is 16.8 Å². The Morgan fingerprint density at radius 3 is 2.47 bits per heavy atom. The highest BCUT2D eigenvalue weighted by Crippen LogP contribution is 2.28. The summed E-state index contributed by atoms with van der Waals surface area (Å²) in [7, 11) is 1.69. The van der Waals surface area contributed by atoms with Gasteiger partial charge in [0.15, 0.2) is 0 Å². The van der Waals surface area contributed by atoms with Gasteiger partial charge < -0.3 is 10.1 Å². The third-order valence-corrected chi connectivity index (χ3v) is 3.86. The minimum Gasteiger partial charge on any atom is -0.496 e. The maximum atomic E-state index is 5.32. The predicted molar refractivity (Wildman–Crippen MR) is 82.4 cm³/mol. The van der Waals surface area contributed by atoms with E-state index in [2.05, 4.69) is 39.2 Å². The van der Waals surface area contributed by atoms with E-state index in [1.807, 2.05) is 32.0 Å². The number of benzene rings is 1. The number of nitrogens with zero attached hydrogens (tertiary/aromatic N) is 1. The van der Waals surface area contributed by atoms with Crippen molar-refractivity contribution in [2.45, 2.75) is 20.8 Å². The second-order valence-electron chi connectivity index (χ2n) is 4.53. The first-order chi connectivity index (χ1) is 9.01. The molecule has 100 valence electrons. The molecular formula is C15H17BrN2O. The zero-order valence-corrected chi connectivity index (χ0v) is 13.1. The summed E-state index contributed by atoms with van der Waals surface area (Å²) in [6.07, 6.45) is 0. The summed E-state index contributed by atoms with van der Waals surface area (Å²) in [5, 5.41) is 3.34. The SMILES string of the molecule is COc1cc(C)c(Nc2ccc(Br)c(C)n2)cc1C. The Bertz CT molecular complexity index is 611. The van der Waals surface area contributed by atoms with Gasteiger partial charge in [-0.25, -0.2) is 4.98 Å². The minimum absolute atomic E-state index is 0.841. The summed E-state index contributed by atoms with van der Waals surface area (Å²) >= 11 is 3.45. The highest BCUT2D eigenvalue weighted by atomic mass is 79.9. The number of pyridine rings is 1. The molecule has 0 saturated carbocycles. The molecule has 2 rings (SSSR count). The predicted octanol–water partition coefficient (Wildman–Crippen LogP) is 4.52. The van der Waals surface area contributed by atoms with Gasteiger partial charge in [-0.15, -0.1) is 0 Å². The van der Waals surface area contributed by atoms with Gasteiger partial charge in [0.1, 0.15) is 11.6 Å². The van der Waals surface area contributed by atoms with Crippen molar-refractivity contribution in [2.75, 3.05) is 12.4 Å². The third kappa shape index (κ3) is 3.07. The molecule has 1 aromatic heterocycles. The Morgan fingerprint density at radius 2 is 1.84 bits per heavy atom. The first kappa shape index (κ1) is 13.9. The zero-order chi connectivity index (χ0) is 14.0. The summed E-state index contributed by atoms with van der Waals surface area (Å²) in [6.45, 7) is 6.06. The van der Waals surface area contributed by atoms with E-state index >= 15 is 0 Å². The summed E-state index contributed by atoms with van der Waals surface area (Å²) in [4.78, 5) is 4.49. The number of ether oxygens (including phenoxy) is 1. The molecule has 0 atom stereocenters. The molecule has 1 aromatic carbocycles. The number of aromatic nitrogens is 1. The molecule has 0 aliphatic rings. The highest BCUT2D eigenvalue weighted by molar-refractivity contribution is 9.10. The summed E-state index contributed by atoms with van der Waals surface area (Å²) in [6, 6.07) is 8.06. The van der Waals surface area contributed by atoms with Gasteiger partial charge in [0.05, 0.1) is 12.8 Å². The van der Waals surface area contributed by atoms with Crippen LogP contribution in [0.5, 0.6) is 5.75 Å². The molecule has 1 heterocycles. The normalized spacial score (nSPS) is 10.4. The van der Waals surface area contributed by atoms with E-state index in [-0.39, 0.29) is 0 Å². The van der Waals surface area contributed by atoms with Crippen molar-refractivity contribution < 1.29 is 4.74 Å². The van der Waals surface area contributed by atoms with E-state index in [0.29, 0.717) is 0 Å². The topological polar surface area (TPSA) is 34.1 Å². The average Bonchev–Trinajstić information content (AvgIpc) is 2.38. The molecule has 2 aromatic rings. The molecule has 0 fully saturated rings. The standard InChI is InChI=1S/C15H17BrN2O/c1-9-8-14(19-4)10(2)7-13(9)18-15-6-5-12(16)11(3)17-15/h5-8H,1-4H3,(H,17,18). The van der Waals surface area contributed by atoms with Crippen LogP contribution in [0.25, 0.3) is 0 Å². The molecule has 0 radical (unpaired) electrons. The second-order valence-corrected chi connectivity index (χ2v) is 5.38. The van der Waals surface area contributed by atoms with Gasteiger partial charge in [0, 0.05) is 10.2 Å². The lowest BCUT2D eigenvalue weighted by molar-refractivity contribution is 0.411. The fourth-order valence-corrected chi connectivity index (χ4v) is 2.12. The van der Waals surface area contributed by atoms with Crippen molar-refractivity contribution in [1.82, 2.24) is 4.98 Å². The van der Waals surface area contributed by atoms with Crippen LogP contribution < -0.4 is 10.1 Å². The van der Waals surface area contributed by atoms with Crippen LogP contribution in [-0.4, -0.2) is 12.1 Å². The van der Waals surface area contributed by atoms with E-state index in [9.17, 15) is 0 Å². The molecule has 3 nitrogen and oxygen atoms in total. The molecule has 19 heavy (non-hydrogen) atoms. The van der Waals surface area contributed by atoms with Crippen molar-refractivity contribution in [1.29, 1.82) is 0 Å². The largest absolute Gasteiger partial charge is 0.496 e. The van der Waals surface area contributed by atoms with Crippen LogP contribution in [0.3, 0.4) is 0 Å². The first-order valence-corrected chi connectivity index (χ1v) is 6.86. The lowest BCUT2D eigenvalue weighted by Crippen LogP contribution is -1.99. The van der Waals surface area contributed by atoms with Gasteiger partial charge in [0.2, 0.25) is 0 Å². The molecule has 0 aliphatic carbocycles. The maximum absolute atomic E-state index is 5.32. The fraction of sp³-hybridized carbons (Fsp3) is 0.267. The van der Waals surface area contributed by atoms with Crippen LogP contribution in [0.15, 0.2) is 28.7 Å². The fourth-order valence-electron chi connectivity index (χ4n) is 1.90. The molecule has 1 N–H and O–H groups in total. The van der Waals surface area contributed by atoms with Gasteiger partial charge in [-0.3, -0.25) is 0 Å². The first-order valence-electron chi connectivity index (χ1n) is 6.06. The Kier molecular flexibility index (Phi) is 4.10. The van der Waals surface area contributed by atoms with Crippen molar-refractivity contribution in [3.8, 4) is 5.75 Å². The van der Waals surface area contributed by atoms with Crippen LogP contribution in [-0.2, 0) is 0 Å². The number of halogens is 1. The van der Waals surface area contributed by atoms with E-state index in [0.717, 1.165) is 38.5 Å². The van der Waals surface area contributed by atoms with Gasteiger partial charge in [-0.2, -0.15) is 0 Å². The molecule has 4 heteroatoms. The average molecular weight is 321 g/mol. The lowest BCUT2D eigenvalue weighted by atomic mass is 10.1. The van der Waals surface area contributed by atoms with Crippen LogP contribution >= 0.6 is 15.9 Å². The smallest absolute Gasteiger partial charge is 0.130 e. The quantitative estimate of drug-likeness (QED) is 0.902. The van der Waals surface area contributed by atoms with Gasteiger partial charge in [-0.1, -0.05) is 0 Å². The third-order valence-electron chi connectivity index (χ3n) is 3.03. The number of hydrogen-bond acceptors (Lipinski definition) is 3. The Balaban J connectivity index is 2.32. The molecule has 0 unspecified atom stereocenters. The van der Waals surface area contributed by atoms with Crippen molar-refractivity contribution in [3.05, 3.63) is 45.6 Å². The van der Waals surface area contributed by atoms with Crippen LogP contribution in [0.2, 0.25) is 0 Å². The van der Waals surface area contributed by atoms with Gasteiger partial charge in [-0.05, 0) is 72.1 Å². The highest BCUT2D eigenvalue weighted by Gasteiger charge is 2.06. The number of anilines is 2. The Morgan fingerprint density at radius 1 is 1.11 bits per heavy atom. The summed E-state index contributed by atoms with van der Waals surface area (Å²) in [5.41, 5.74) is 4.25. The monoisotopic (exact) mass is 320 g/mol. The zero-order valence-electron chi connectivity index (χ0n) is 11.5. The number of nitrogens with one attached hydrogen (secondary N) is 1.